The Kier molecular flexibility index (Phi) is 7.39. The smallest absolute Gasteiger partial charge is 0.416 e. The fraction of sp³-hybridized carbons (Fsp3) is 0.370. The number of fused-ring (bicyclic) bond motifs is 1. The molecule has 2 aliphatic rings. The lowest BCUT2D eigenvalue weighted by atomic mass is 9.88. The van der Waals surface area contributed by atoms with Crippen molar-refractivity contribution in [3.8, 4) is 5.75 Å². The molecule has 8 nitrogen and oxygen atoms in total. The van der Waals surface area contributed by atoms with Crippen molar-refractivity contribution >= 4 is 34.0 Å². The first-order chi connectivity index (χ1) is 18.6. The van der Waals surface area contributed by atoms with Gasteiger partial charge in [-0.3, -0.25) is 9.59 Å². The highest BCUT2D eigenvalue weighted by Crippen LogP contribution is 2.42. The van der Waals surface area contributed by atoms with Gasteiger partial charge >= 0.3 is 12.1 Å². The third-order valence-corrected chi connectivity index (χ3v) is 8.12. The monoisotopic (exact) mass is 560 g/mol. The van der Waals surface area contributed by atoms with Gasteiger partial charge < -0.3 is 25.0 Å². The topological polar surface area (TPSA) is 95.0 Å². The molecule has 1 aromatic heterocycles. The lowest BCUT2D eigenvalue weighted by molar-refractivity contribution is -0.138. The third kappa shape index (κ3) is 6.11. The number of thiazole rings is 1. The van der Waals surface area contributed by atoms with Crippen LogP contribution in [0, 0.1) is 0 Å². The summed E-state index contributed by atoms with van der Waals surface area (Å²) in [6.07, 6.45) is -0.827. The molecular weight excluding hydrogens is 533 g/mol. The number of nitrogens with one attached hydrogen (secondary N) is 1. The van der Waals surface area contributed by atoms with Crippen LogP contribution in [0.2, 0.25) is 0 Å². The van der Waals surface area contributed by atoms with Crippen molar-refractivity contribution in [1.29, 1.82) is 0 Å². The van der Waals surface area contributed by atoms with Gasteiger partial charge in [0.1, 0.15) is 22.8 Å². The predicted molar refractivity (Wildman–Crippen MR) is 140 cm³/mol. The van der Waals surface area contributed by atoms with E-state index in [1.807, 2.05) is 24.3 Å². The maximum Gasteiger partial charge on any atom is 0.416 e. The van der Waals surface area contributed by atoms with Crippen molar-refractivity contribution in [3.63, 3.8) is 0 Å². The minimum Gasteiger partial charge on any atom is -0.485 e. The number of aromatic nitrogens is 1. The van der Waals surface area contributed by atoms with Crippen molar-refractivity contribution in [2.45, 2.75) is 37.6 Å². The summed E-state index contributed by atoms with van der Waals surface area (Å²) >= 11 is 1.21. The Morgan fingerprint density at radius 1 is 1.08 bits per heavy atom. The first-order valence-electron chi connectivity index (χ1n) is 12.5. The first kappa shape index (κ1) is 26.8. The van der Waals surface area contributed by atoms with Crippen molar-refractivity contribution in [2.75, 3.05) is 36.0 Å². The van der Waals surface area contributed by atoms with Crippen LogP contribution in [0.15, 0.2) is 54.7 Å². The summed E-state index contributed by atoms with van der Waals surface area (Å²) < 4.78 is 46.4. The number of halogens is 3. The second kappa shape index (κ2) is 10.8. The molecule has 2 N–H and O–H groups in total. The normalized spacial score (nSPS) is 16.8. The van der Waals surface area contributed by atoms with E-state index in [4.69, 9.17) is 9.84 Å². The van der Waals surface area contributed by atoms with Crippen LogP contribution in [-0.2, 0) is 17.5 Å². The first-order valence-corrected chi connectivity index (χ1v) is 13.3. The zero-order chi connectivity index (χ0) is 27.6. The number of amides is 1. The van der Waals surface area contributed by atoms with Crippen LogP contribution in [0.4, 0.5) is 24.0 Å². The lowest BCUT2D eigenvalue weighted by Crippen LogP contribution is -2.48. The molecule has 0 unspecified atom stereocenters. The number of carbonyl (C=O) groups is 2. The number of benzene rings is 2. The highest BCUT2D eigenvalue weighted by molar-refractivity contribution is 7.17. The molecule has 0 saturated carbocycles. The second-order valence-electron chi connectivity index (χ2n) is 9.69. The summed E-state index contributed by atoms with van der Waals surface area (Å²) in [5.41, 5.74) is 0.338. The molecular formula is C27H27F3N4O4S. The number of aliphatic carboxylic acids is 1. The fourth-order valence-electron chi connectivity index (χ4n) is 5.00. The number of piperidine rings is 1. The van der Waals surface area contributed by atoms with Crippen molar-refractivity contribution in [2.24, 2.45) is 0 Å². The molecule has 3 aromatic rings. The van der Waals surface area contributed by atoms with Gasteiger partial charge in [-0.2, -0.15) is 13.2 Å². The van der Waals surface area contributed by atoms with Gasteiger partial charge in [-0.1, -0.05) is 35.6 Å². The standard InChI is InChI=1S/C27H27F3N4O4S/c28-27(29,30)19-5-3-4-18(14-19)17-34-13-10-26(38-21-7-2-1-6-20(21)34)8-11-33(12-9-26)25-32-15-22(39-25)24(37)31-16-23(35)36/h1-7,14-15H,8-13,16-17H2,(H,31,37)(H,35,36). The van der Waals surface area contributed by atoms with E-state index in [-0.39, 0.29) is 0 Å². The maximum atomic E-state index is 13.3. The number of alkyl halides is 3. The van der Waals surface area contributed by atoms with Gasteiger partial charge in [-0.25, -0.2) is 4.98 Å². The molecule has 0 aliphatic carbocycles. The molecule has 0 bridgehead atoms. The van der Waals surface area contributed by atoms with Gasteiger partial charge in [-0.05, 0) is 29.8 Å². The van der Waals surface area contributed by atoms with E-state index >= 15 is 0 Å². The number of carboxylic acids is 1. The van der Waals surface area contributed by atoms with E-state index in [0.717, 1.165) is 11.8 Å². The van der Waals surface area contributed by atoms with Crippen molar-refractivity contribution in [3.05, 3.63) is 70.7 Å². The van der Waals surface area contributed by atoms with Crippen LogP contribution in [0.3, 0.4) is 0 Å². The largest absolute Gasteiger partial charge is 0.485 e. The van der Waals surface area contributed by atoms with E-state index in [0.29, 0.717) is 66.8 Å². The number of carboxylic acid groups (broad SMARTS) is 1. The quantitative estimate of drug-likeness (QED) is 0.447. The van der Waals surface area contributed by atoms with Gasteiger partial charge in [0.05, 0.1) is 17.4 Å². The Balaban J connectivity index is 1.27. The number of ether oxygens (including phenoxy) is 1. The molecule has 1 spiro atoms. The fourth-order valence-corrected chi connectivity index (χ4v) is 5.88. The second-order valence-corrected chi connectivity index (χ2v) is 10.7. The average molecular weight is 561 g/mol. The highest BCUT2D eigenvalue weighted by Gasteiger charge is 2.40. The molecule has 0 atom stereocenters. The van der Waals surface area contributed by atoms with Crippen LogP contribution >= 0.6 is 11.3 Å². The molecule has 3 heterocycles. The van der Waals surface area contributed by atoms with Gasteiger partial charge in [0.2, 0.25) is 0 Å². The molecule has 39 heavy (non-hydrogen) atoms. The molecule has 206 valence electrons. The van der Waals surface area contributed by atoms with E-state index in [9.17, 15) is 22.8 Å². The minimum absolute atomic E-state index is 0.332. The molecule has 2 aliphatic heterocycles. The van der Waals surface area contributed by atoms with Crippen LogP contribution in [0.25, 0.3) is 0 Å². The van der Waals surface area contributed by atoms with Crippen LogP contribution < -0.4 is 19.9 Å². The Morgan fingerprint density at radius 2 is 1.82 bits per heavy atom. The average Bonchev–Trinajstić information content (AvgIpc) is 3.35. The van der Waals surface area contributed by atoms with E-state index in [2.05, 4.69) is 20.1 Å². The number of hydrogen-bond acceptors (Lipinski definition) is 7. The van der Waals surface area contributed by atoms with Crippen LogP contribution in [-0.4, -0.2) is 53.7 Å². The highest BCUT2D eigenvalue weighted by atomic mass is 32.1. The zero-order valence-corrected chi connectivity index (χ0v) is 21.7. The van der Waals surface area contributed by atoms with E-state index in [1.165, 1.54) is 29.7 Å². The van der Waals surface area contributed by atoms with Crippen LogP contribution in [0.5, 0.6) is 5.75 Å². The van der Waals surface area contributed by atoms with Gasteiger partial charge in [-0.15, -0.1) is 0 Å². The Bertz CT molecular complexity index is 1350. The van der Waals surface area contributed by atoms with Crippen molar-refractivity contribution < 1.29 is 32.6 Å². The molecule has 1 saturated heterocycles. The molecule has 0 radical (unpaired) electrons. The molecule has 5 rings (SSSR count). The van der Waals surface area contributed by atoms with Gasteiger partial charge in [0.25, 0.3) is 5.91 Å². The van der Waals surface area contributed by atoms with Gasteiger partial charge in [0.15, 0.2) is 5.13 Å². The number of hydrogen-bond donors (Lipinski definition) is 2. The number of rotatable bonds is 6. The van der Waals surface area contributed by atoms with Crippen LogP contribution in [0.1, 0.15) is 40.1 Å². The molecule has 2 aromatic carbocycles. The Morgan fingerprint density at radius 3 is 2.56 bits per heavy atom. The predicted octanol–water partition coefficient (Wildman–Crippen LogP) is 4.80. The maximum absolute atomic E-state index is 13.3. The summed E-state index contributed by atoms with van der Waals surface area (Å²) in [5, 5.41) is 11.8. The number of para-hydroxylation sites is 2. The molecule has 12 heteroatoms. The van der Waals surface area contributed by atoms with E-state index in [1.54, 1.807) is 6.07 Å². The molecule has 1 amide bonds. The number of carbonyl (C=O) groups excluding carboxylic acids is 1. The summed E-state index contributed by atoms with van der Waals surface area (Å²) in [6, 6.07) is 13.1. The summed E-state index contributed by atoms with van der Waals surface area (Å²) in [4.78, 5) is 31.8. The lowest BCUT2D eigenvalue weighted by Gasteiger charge is -2.41. The minimum atomic E-state index is -4.39. The Hall–Kier alpha value is -3.80. The van der Waals surface area contributed by atoms with Gasteiger partial charge in [0, 0.05) is 45.4 Å². The SMILES string of the molecule is O=C(O)CNC(=O)c1cnc(N2CCC3(CC2)CCN(Cc2cccc(C(F)(F)F)c2)c2ccccc2O3)s1. The summed E-state index contributed by atoms with van der Waals surface area (Å²) in [7, 11) is 0. The number of anilines is 2. The number of nitrogens with zero attached hydrogens (tertiary/aromatic N) is 3. The van der Waals surface area contributed by atoms with Crippen molar-refractivity contribution in [1.82, 2.24) is 10.3 Å². The third-order valence-electron chi connectivity index (χ3n) is 7.06. The summed E-state index contributed by atoms with van der Waals surface area (Å²) in [6.45, 7) is 1.80. The molecule has 1 fully saturated rings. The summed E-state index contributed by atoms with van der Waals surface area (Å²) in [5.74, 6) is -0.881. The Labute approximate surface area is 227 Å². The zero-order valence-electron chi connectivity index (χ0n) is 20.9. The van der Waals surface area contributed by atoms with E-state index < -0.39 is 35.8 Å².